The van der Waals surface area contributed by atoms with Crippen molar-refractivity contribution in [3.63, 3.8) is 0 Å². The third-order valence-corrected chi connectivity index (χ3v) is 6.16. The molecular formula is C17H20F4N4O3S. The molecule has 1 fully saturated rings. The minimum Gasteiger partial charge on any atom is -0.407 e. The number of rotatable bonds is 7. The van der Waals surface area contributed by atoms with Gasteiger partial charge in [0.25, 0.3) is 5.92 Å². The van der Waals surface area contributed by atoms with Crippen LogP contribution in [0, 0.1) is 11.6 Å². The van der Waals surface area contributed by atoms with Crippen LogP contribution in [0.4, 0.5) is 23.6 Å². The van der Waals surface area contributed by atoms with E-state index in [2.05, 4.69) is 10.2 Å². The van der Waals surface area contributed by atoms with Gasteiger partial charge < -0.3 is 10.2 Å². The number of sulfonamides is 1. The van der Waals surface area contributed by atoms with Crippen LogP contribution in [0.3, 0.4) is 0 Å². The van der Waals surface area contributed by atoms with Crippen LogP contribution in [0.5, 0.6) is 0 Å². The highest BCUT2D eigenvalue weighted by Crippen LogP contribution is 2.57. The van der Waals surface area contributed by atoms with Crippen molar-refractivity contribution in [3.05, 3.63) is 40.8 Å². The molecule has 2 N–H and O–H groups in total. The Morgan fingerprint density at radius 3 is 2.34 bits per heavy atom. The fourth-order valence-corrected chi connectivity index (χ4v) is 4.48. The van der Waals surface area contributed by atoms with Crippen LogP contribution in [-0.4, -0.2) is 41.6 Å². The maximum absolute atomic E-state index is 14.9. The molecular weight excluding hydrogens is 416 g/mol. The zero-order valence-corrected chi connectivity index (χ0v) is 16.6. The zero-order chi connectivity index (χ0) is 21.6. The molecule has 1 saturated carbocycles. The molecule has 0 radical (unpaired) electrons. The lowest BCUT2D eigenvalue weighted by atomic mass is 9.61. The zero-order valence-electron chi connectivity index (χ0n) is 15.8. The first-order valence-corrected chi connectivity index (χ1v) is 10.6. The maximum Gasteiger partial charge on any atom is 0.312 e. The van der Waals surface area contributed by atoms with E-state index in [9.17, 15) is 26.0 Å². The predicted octanol–water partition coefficient (Wildman–Crippen LogP) is 2.82. The molecule has 12 heteroatoms. The molecule has 0 saturated heterocycles. The van der Waals surface area contributed by atoms with Crippen molar-refractivity contribution in [2.24, 2.45) is 0 Å². The average Bonchev–Trinajstić information content (AvgIpc) is 3.00. The van der Waals surface area contributed by atoms with E-state index < -0.39 is 45.8 Å². The largest absolute Gasteiger partial charge is 0.407 e. The number of hydrogen-bond acceptors (Lipinski definition) is 6. The van der Waals surface area contributed by atoms with Gasteiger partial charge in [0.15, 0.2) is 0 Å². The van der Waals surface area contributed by atoms with Gasteiger partial charge in [0.05, 0.1) is 11.7 Å². The summed E-state index contributed by atoms with van der Waals surface area (Å²) in [5.41, 5.74) is 3.07. The molecule has 1 heterocycles. The van der Waals surface area contributed by atoms with Crippen LogP contribution in [0.2, 0.25) is 0 Å². The standard InChI is InChI=1S/C17H20F4N4O3S/c1-3-4-25(29(2,26)27)7-10-5-13(19)11(6-12(10)18)16(8-17(20,21)9-16)14-23-24-15(22)28-14/h5-6H,3-4,7-9H2,1-2H3,(H2,22,24). The van der Waals surface area contributed by atoms with Crippen molar-refractivity contribution < 1.29 is 30.4 Å². The molecule has 1 aliphatic carbocycles. The van der Waals surface area contributed by atoms with E-state index >= 15 is 0 Å². The van der Waals surface area contributed by atoms with Crippen molar-refractivity contribution in [2.75, 3.05) is 18.5 Å². The van der Waals surface area contributed by atoms with Gasteiger partial charge in [0, 0.05) is 37.1 Å². The van der Waals surface area contributed by atoms with Gasteiger partial charge in [-0.1, -0.05) is 12.0 Å². The molecule has 3 rings (SSSR count). The van der Waals surface area contributed by atoms with Gasteiger partial charge in [0.2, 0.25) is 15.9 Å². The second-order valence-electron chi connectivity index (χ2n) is 7.26. The maximum atomic E-state index is 14.9. The van der Waals surface area contributed by atoms with Crippen LogP contribution in [-0.2, 0) is 22.0 Å². The highest BCUT2D eigenvalue weighted by atomic mass is 32.2. The average molecular weight is 436 g/mol. The van der Waals surface area contributed by atoms with E-state index in [0.717, 1.165) is 22.7 Å². The summed E-state index contributed by atoms with van der Waals surface area (Å²) < 4.78 is 86.8. The summed E-state index contributed by atoms with van der Waals surface area (Å²) in [5.74, 6) is -5.33. The van der Waals surface area contributed by atoms with Gasteiger partial charge >= 0.3 is 6.01 Å². The summed E-state index contributed by atoms with van der Waals surface area (Å²) in [7, 11) is -3.64. The molecule has 160 valence electrons. The molecule has 0 bridgehead atoms. The molecule has 0 spiro atoms. The number of halogens is 4. The lowest BCUT2D eigenvalue weighted by Crippen LogP contribution is -2.51. The van der Waals surface area contributed by atoms with Gasteiger partial charge in [-0.3, -0.25) is 0 Å². The van der Waals surface area contributed by atoms with Crippen LogP contribution < -0.4 is 5.73 Å². The number of anilines is 1. The first kappa shape index (κ1) is 21.5. The van der Waals surface area contributed by atoms with E-state index in [4.69, 9.17) is 10.2 Å². The summed E-state index contributed by atoms with van der Waals surface area (Å²) in [5, 5.41) is 7.02. The van der Waals surface area contributed by atoms with Crippen molar-refractivity contribution in [3.8, 4) is 0 Å². The smallest absolute Gasteiger partial charge is 0.312 e. The van der Waals surface area contributed by atoms with Gasteiger partial charge in [-0.15, -0.1) is 5.10 Å². The number of aromatic nitrogens is 2. The molecule has 1 aliphatic rings. The first-order valence-electron chi connectivity index (χ1n) is 8.79. The predicted molar refractivity (Wildman–Crippen MR) is 95.6 cm³/mol. The third-order valence-electron chi connectivity index (χ3n) is 4.91. The fraction of sp³-hybridized carbons (Fsp3) is 0.529. The third kappa shape index (κ3) is 4.08. The lowest BCUT2D eigenvalue weighted by molar-refractivity contribution is -0.121. The Morgan fingerprint density at radius 2 is 1.86 bits per heavy atom. The Bertz CT molecular complexity index is 1020. The molecule has 0 amide bonds. The quantitative estimate of drug-likeness (QED) is 0.670. The molecule has 0 atom stereocenters. The second kappa shape index (κ2) is 7.24. The van der Waals surface area contributed by atoms with E-state index in [-0.39, 0.29) is 36.1 Å². The Hall–Kier alpha value is -2.21. The summed E-state index contributed by atoms with van der Waals surface area (Å²) in [4.78, 5) is 0. The second-order valence-corrected chi connectivity index (χ2v) is 9.24. The van der Waals surface area contributed by atoms with E-state index in [1.54, 1.807) is 6.92 Å². The normalized spacial score (nSPS) is 18.0. The highest BCUT2D eigenvalue weighted by Gasteiger charge is 2.62. The summed E-state index contributed by atoms with van der Waals surface area (Å²) in [6.07, 6.45) is -0.242. The first-order chi connectivity index (χ1) is 13.4. The summed E-state index contributed by atoms with van der Waals surface area (Å²) in [6.45, 7) is 1.49. The summed E-state index contributed by atoms with van der Waals surface area (Å²) >= 11 is 0. The van der Waals surface area contributed by atoms with Crippen LogP contribution in [0.15, 0.2) is 16.5 Å². The Balaban J connectivity index is 2.02. The van der Waals surface area contributed by atoms with E-state index in [0.29, 0.717) is 6.42 Å². The van der Waals surface area contributed by atoms with Gasteiger partial charge in [-0.25, -0.2) is 26.0 Å². The molecule has 7 nitrogen and oxygen atoms in total. The highest BCUT2D eigenvalue weighted by molar-refractivity contribution is 7.88. The van der Waals surface area contributed by atoms with Gasteiger partial charge in [0.1, 0.15) is 11.6 Å². The van der Waals surface area contributed by atoms with Crippen molar-refractivity contribution in [2.45, 2.75) is 44.1 Å². The van der Waals surface area contributed by atoms with Gasteiger partial charge in [-0.2, -0.15) is 4.31 Å². The summed E-state index contributed by atoms with van der Waals surface area (Å²) in [6, 6.07) is 1.22. The molecule has 2 aromatic rings. The number of nitrogens with zero attached hydrogens (tertiary/aromatic N) is 3. The molecule has 0 aliphatic heterocycles. The molecule has 0 unspecified atom stereocenters. The fourth-order valence-electron chi connectivity index (χ4n) is 3.59. The number of nitrogens with two attached hydrogens (primary N) is 1. The number of alkyl halides is 2. The lowest BCUT2D eigenvalue weighted by Gasteiger charge is -2.45. The SMILES string of the molecule is CCCN(Cc1cc(F)c(C2(c3nnc(N)o3)CC(F)(F)C2)cc1F)S(C)(=O)=O. The number of nitrogen functional groups attached to an aromatic ring is 1. The monoisotopic (exact) mass is 436 g/mol. The van der Waals surface area contributed by atoms with Crippen LogP contribution in [0.25, 0.3) is 0 Å². The van der Waals surface area contributed by atoms with Gasteiger partial charge in [-0.05, 0) is 18.6 Å². The minimum absolute atomic E-state index is 0.124. The van der Waals surface area contributed by atoms with E-state index in [1.807, 2.05) is 0 Å². The van der Waals surface area contributed by atoms with E-state index in [1.165, 1.54) is 0 Å². The van der Waals surface area contributed by atoms with Crippen molar-refractivity contribution in [1.29, 1.82) is 0 Å². The topological polar surface area (TPSA) is 102 Å². The van der Waals surface area contributed by atoms with Crippen molar-refractivity contribution in [1.82, 2.24) is 14.5 Å². The Morgan fingerprint density at radius 1 is 1.21 bits per heavy atom. The Labute approximate surface area is 164 Å². The molecule has 1 aromatic heterocycles. The molecule has 1 aromatic carbocycles. The number of hydrogen-bond donors (Lipinski definition) is 1. The Kier molecular flexibility index (Phi) is 5.37. The van der Waals surface area contributed by atoms with Crippen molar-refractivity contribution >= 4 is 16.0 Å². The van der Waals surface area contributed by atoms with Crippen LogP contribution in [0.1, 0.15) is 43.2 Å². The van der Waals surface area contributed by atoms with Crippen LogP contribution >= 0.6 is 0 Å². The minimum atomic E-state index is -3.64. The number of benzene rings is 1. The molecule has 29 heavy (non-hydrogen) atoms.